The molecule has 0 unspecified atom stereocenters. The minimum Gasteiger partial charge on any atom is -0.344 e. The first kappa shape index (κ1) is 26.3. The van der Waals surface area contributed by atoms with E-state index in [4.69, 9.17) is 11.6 Å². The first-order valence-corrected chi connectivity index (χ1v) is 14.0. The van der Waals surface area contributed by atoms with Crippen LogP contribution in [0.1, 0.15) is 58.8 Å². The minimum absolute atomic E-state index is 0.0244. The molecule has 10 heteroatoms. The molecular weight excluding hydrogens is 492 g/mol. The Bertz CT molecular complexity index is 1190. The zero-order valence-corrected chi connectivity index (χ0v) is 21.9. The molecule has 0 fully saturated rings. The number of halogens is 1. The molecule has 182 valence electrons. The van der Waals surface area contributed by atoms with Crippen molar-refractivity contribution >= 4 is 38.7 Å². The van der Waals surface area contributed by atoms with E-state index in [9.17, 15) is 13.2 Å². The average Bonchev–Trinajstić information content (AvgIpc) is 3.39. The zero-order valence-electron chi connectivity index (χ0n) is 19.5. The Morgan fingerprint density at radius 1 is 1.12 bits per heavy atom. The van der Waals surface area contributed by atoms with E-state index in [0.29, 0.717) is 17.2 Å². The van der Waals surface area contributed by atoms with Crippen molar-refractivity contribution in [2.75, 3.05) is 5.75 Å². The Kier molecular flexibility index (Phi) is 9.18. The molecule has 1 aromatic carbocycles. The largest absolute Gasteiger partial charge is 0.344 e. The van der Waals surface area contributed by atoms with Crippen LogP contribution in [0.25, 0.3) is 0 Å². The van der Waals surface area contributed by atoms with Crippen molar-refractivity contribution in [3.8, 4) is 0 Å². The number of pyridine rings is 1. The number of sulfone groups is 1. The van der Waals surface area contributed by atoms with Gasteiger partial charge in [0.2, 0.25) is 0 Å². The highest BCUT2D eigenvalue weighted by atomic mass is 35.5. The lowest BCUT2D eigenvalue weighted by Gasteiger charge is -2.14. The second-order valence-electron chi connectivity index (χ2n) is 7.94. The molecule has 3 heterocycles. The standard InChI is InChI=1S/C21H21ClN4O3S2.C3H8/c1-2-31(28,29)17-8-7-16(23-10-17)9-24-20(27)21-25-18-12-26(13-19(18)30-21)11-14-3-5-15(22)6-4-14;1-3-2/h3-8,10H,2,9,11-13H2,1H3,(H,24,27);3H2,1-2H3. The van der Waals surface area contributed by atoms with Crippen LogP contribution >= 0.6 is 22.9 Å². The van der Waals surface area contributed by atoms with Gasteiger partial charge in [-0.2, -0.15) is 0 Å². The highest BCUT2D eigenvalue weighted by molar-refractivity contribution is 7.91. The van der Waals surface area contributed by atoms with Crippen LogP contribution in [0.4, 0.5) is 0 Å². The Labute approximate surface area is 210 Å². The number of amides is 1. The van der Waals surface area contributed by atoms with Crippen molar-refractivity contribution in [3.63, 3.8) is 0 Å². The van der Waals surface area contributed by atoms with Crippen molar-refractivity contribution in [1.29, 1.82) is 0 Å². The van der Waals surface area contributed by atoms with Crippen molar-refractivity contribution in [2.45, 2.75) is 58.3 Å². The molecule has 1 amide bonds. The first-order valence-electron chi connectivity index (χ1n) is 11.2. The fourth-order valence-electron chi connectivity index (χ4n) is 3.27. The van der Waals surface area contributed by atoms with Crippen LogP contribution in [-0.2, 0) is 36.0 Å². The average molecular weight is 521 g/mol. The lowest BCUT2D eigenvalue weighted by atomic mass is 10.2. The van der Waals surface area contributed by atoms with Gasteiger partial charge in [0.25, 0.3) is 5.91 Å². The zero-order chi connectivity index (χ0) is 24.7. The molecule has 2 aromatic heterocycles. The minimum atomic E-state index is -3.28. The molecule has 0 bridgehead atoms. The van der Waals surface area contributed by atoms with E-state index in [-0.39, 0.29) is 23.1 Å². The lowest BCUT2D eigenvalue weighted by molar-refractivity contribution is 0.0949. The predicted molar refractivity (Wildman–Crippen MR) is 136 cm³/mol. The van der Waals surface area contributed by atoms with E-state index in [1.54, 1.807) is 13.0 Å². The maximum atomic E-state index is 12.5. The van der Waals surface area contributed by atoms with Crippen LogP contribution in [0, 0.1) is 0 Å². The second-order valence-corrected chi connectivity index (χ2v) is 11.7. The van der Waals surface area contributed by atoms with Gasteiger partial charge in [-0.15, -0.1) is 11.3 Å². The maximum Gasteiger partial charge on any atom is 0.280 e. The van der Waals surface area contributed by atoms with Crippen LogP contribution in [0.5, 0.6) is 0 Å². The number of carbonyl (C=O) groups excluding carboxylic acids is 1. The summed E-state index contributed by atoms with van der Waals surface area (Å²) in [6.45, 7) is 8.32. The summed E-state index contributed by atoms with van der Waals surface area (Å²) in [5.41, 5.74) is 2.71. The summed E-state index contributed by atoms with van der Waals surface area (Å²) in [7, 11) is -3.28. The van der Waals surface area contributed by atoms with Gasteiger partial charge >= 0.3 is 0 Å². The Morgan fingerprint density at radius 2 is 1.82 bits per heavy atom. The van der Waals surface area contributed by atoms with Gasteiger partial charge in [0, 0.05) is 35.7 Å². The molecule has 0 radical (unpaired) electrons. The number of hydrogen-bond acceptors (Lipinski definition) is 7. The van der Waals surface area contributed by atoms with Gasteiger partial charge in [-0.05, 0) is 29.8 Å². The summed E-state index contributed by atoms with van der Waals surface area (Å²) in [5, 5.41) is 3.96. The molecule has 0 aliphatic carbocycles. The fraction of sp³-hybridized carbons (Fsp3) is 0.375. The number of nitrogens with zero attached hydrogens (tertiary/aromatic N) is 3. The van der Waals surface area contributed by atoms with E-state index in [1.165, 1.54) is 35.6 Å². The molecule has 4 rings (SSSR count). The van der Waals surface area contributed by atoms with Crippen molar-refractivity contribution in [2.24, 2.45) is 0 Å². The number of rotatable bonds is 7. The lowest BCUT2D eigenvalue weighted by Crippen LogP contribution is -2.23. The second kappa shape index (κ2) is 11.9. The van der Waals surface area contributed by atoms with E-state index >= 15 is 0 Å². The maximum absolute atomic E-state index is 12.5. The summed E-state index contributed by atoms with van der Waals surface area (Å²) in [4.78, 5) is 24.7. The van der Waals surface area contributed by atoms with Crippen LogP contribution < -0.4 is 5.32 Å². The summed E-state index contributed by atoms with van der Waals surface area (Å²) in [5.74, 6) is -0.230. The van der Waals surface area contributed by atoms with Gasteiger partial charge in [-0.1, -0.05) is 50.9 Å². The highest BCUT2D eigenvalue weighted by Gasteiger charge is 2.25. The number of fused-ring (bicyclic) bond motifs is 1. The van der Waals surface area contributed by atoms with Gasteiger partial charge in [-0.25, -0.2) is 13.4 Å². The number of benzene rings is 1. The molecule has 0 saturated carbocycles. The van der Waals surface area contributed by atoms with Crippen LogP contribution in [0.3, 0.4) is 0 Å². The number of hydrogen-bond donors (Lipinski definition) is 1. The molecule has 1 aliphatic heterocycles. The molecule has 3 aromatic rings. The first-order chi connectivity index (χ1) is 16.2. The third kappa shape index (κ3) is 6.85. The van der Waals surface area contributed by atoms with E-state index < -0.39 is 9.84 Å². The smallest absolute Gasteiger partial charge is 0.280 e. The molecule has 34 heavy (non-hydrogen) atoms. The van der Waals surface area contributed by atoms with E-state index in [0.717, 1.165) is 28.7 Å². The van der Waals surface area contributed by atoms with Crippen LogP contribution in [0.15, 0.2) is 47.5 Å². The molecule has 0 atom stereocenters. The van der Waals surface area contributed by atoms with Crippen molar-refractivity contribution in [1.82, 2.24) is 20.2 Å². The van der Waals surface area contributed by atoms with Crippen LogP contribution in [0.2, 0.25) is 5.02 Å². The molecule has 0 spiro atoms. The Balaban J connectivity index is 0.00000103. The van der Waals surface area contributed by atoms with Gasteiger partial charge in [0.05, 0.1) is 28.6 Å². The fourth-order valence-corrected chi connectivity index (χ4v) is 5.25. The summed E-state index contributed by atoms with van der Waals surface area (Å²) in [6, 6.07) is 10.9. The summed E-state index contributed by atoms with van der Waals surface area (Å²) < 4.78 is 23.7. The van der Waals surface area contributed by atoms with Crippen LogP contribution in [-0.4, -0.2) is 34.9 Å². The van der Waals surface area contributed by atoms with E-state index in [1.807, 2.05) is 24.3 Å². The van der Waals surface area contributed by atoms with Gasteiger partial charge in [0.1, 0.15) is 0 Å². The summed E-state index contributed by atoms with van der Waals surface area (Å²) >= 11 is 7.34. The third-order valence-electron chi connectivity index (χ3n) is 5.00. The number of thiazole rings is 1. The number of aromatic nitrogens is 2. The SMILES string of the molecule is CCC.CCS(=O)(=O)c1ccc(CNC(=O)c2nc3c(s2)CN(Cc2ccc(Cl)cc2)C3)nc1. The summed E-state index contributed by atoms with van der Waals surface area (Å²) in [6.07, 6.45) is 2.58. The molecule has 0 saturated heterocycles. The Hall–Kier alpha value is -2.33. The van der Waals surface area contributed by atoms with Gasteiger partial charge in [-0.3, -0.25) is 14.7 Å². The number of carbonyl (C=O) groups is 1. The number of nitrogens with one attached hydrogen (secondary N) is 1. The molecular formula is C24H29ClN4O3S2. The molecule has 7 nitrogen and oxygen atoms in total. The third-order valence-corrected chi connectivity index (χ3v) is 8.05. The molecule has 1 aliphatic rings. The van der Waals surface area contributed by atoms with Gasteiger partial charge in [0.15, 0.2) is 14.8 Å². The van der Waals surface area contributed by atoms with E-state index in [2.05, 4.69) is 34.0 Å². The quantitative estimate of drug-likeness (QED) is 0.479. The van der Waals surface area contributed by atoms with Crippen molar-refractivity contribution < 1.29 is 13.2 Å². The Morgan fingerprint density at radius 3 is 2.41 bits per heavy atom. The monoisotopic (exact) mass is 520 g/mol. The topological polar surface area (TPSA) is 92.3 Å². The van der Waals surface area contributed by atoms with Crippen molar-refractivity contribution in [3.05, 3.63) is 74.5 Å². The molecule has 1 N–H and O–H groups in total. The highest BCUT2D eigenvalue weighted by Crippen LogP contribution is 2.29. The van der Waals surface area contributed by atoms with Gasteiger partial charge < -0.3 is 5.32 Å². The predicted octanol–water partition coefficient (Wildman–Crippen LogP) is 4.85. The normalized spacial score (nSPS) is 13.2.